The van der Waals surface area contributed by atoms with Crippen LogP contribution in [0.15, 0.2) is 0 Å². The maximum atomic E-state index is 12.3. The molecule has 2 N–H and O–H groups in total. The fourth-order valence-electron chi connectivity index (χ4n) is 4.39. The highest BCUT2D eigenvalue weighted by Crippen LogP contribution is 2.33. The van der Waals surface area contributed by atoms with E-state index >= 15 is 0 Å². The highest BCUT2D eigenvalue weighted by atomic mass is 16.2. The van der Waals surface area contributed by atoms with Crippen LogP contribution < -0.4 is 10.6 Å². The second-order valence-electron chi connectivity index (χ2n) is 7.46. The van der Waals surface area contributed by atoms with Crippen molar-refractivity contribution in [3.8, 4) is 0 Å². The van der Waals surface area contributed by atoms with Gasteiger partial charge in [-0.2, -0.15) is 0 Å². The van der Waals surface area contributed by atoms with Gasteiger partial charge in [-0.25, -0.2) is 0 Å². The summed E-state index contributed by atoms with van der Waals surface area (Å²) in [6.07, 6.45) is 8.99. The molecule has 4 unspecified atom stereocenters. The van der Waals surface area contributed by atoms with E-state index in [-0.39, 0.29) is 11.9 Å². The van der Waals surface area contributed by atoms with Gasteiger partial charge in [-0.3, -0.25) is 4.79 Å². The third-order valence-corrected chi connectivity index (χ3v) is 5.57. The van der Waals surface area contributed by atoms with Crippen molar-refractivity contribution < 1.29 is 4.79 Å². The van der Waals surface area contributed by atoms with Crippen molar-refractivity contribution in [2.75, 3.05) is 26.2 Å². The van der Waals surface area contributed by atoms with Crippen LogP contribution >= 0.6 is 0 Å². The molecule has 1 amide bonds. The topological polar surface area (TPSA) is 44.4 Å². The van der Waals surface area contributed by atoms with Crippen molar-refractivity contribution >= 4 is 5.91 Å². The molecule has 1 aliphatic carbocycles. The van der Waals surface area contributed by atoms with Crippen molar-refractivity contribution in [1.29, 1.82) is 0 Å². The molecule has 2 heterocycles. The van der Waals surface area contributed by atoms with E-state index in [2.05, 4.69) is 22.5 Å². The van der Waals surface area contributed by atoms with Crippen molar-refractivity contribution in [1.82, 2.24) is 15.5 Å². The summed E-state index contributed by atoms with van der Waals surface area (Å²) in [7, 11) is 0. The molecule has 21 heavy (non-hydrogen) atoms. The Balaban J connectivity index is 1.37. The highest BCUT2D eigenvalue weighted by molar-refractivity contribution is 5.82. The zero-order valence-electron chi connectivity index (χ0n) is 13.4. The van der Waals surface area contributed by atoms with E-state index in [9.17, 15) is 4.79 Å². The summed E-state index contributed by atoms with van der Waals surface area (Å²) in [5.74, 6) is 1.53. The third-order valence-electron chi connectivity index (χ3n) is 5.57. The summed E-state index contributed by atoms with van der Waals surface area (Å²) >= 11 is 0. The van der Waals surface area contributed by atoms with E-state index in [0.29, 0.717) is 12.0 Å². The van der Waals surface area contributed by atoms with Crippen LogP contribution in [0.5, 0.6) is 0 Å². The lowest BCUT2D eigenvalue weighted by Crippen LogP contribution is -2.45. The molecule has 1 saturated carbocycles. The molecule has 3 fully saturated rings. The number of nitrogens with one attached hydrogen (secondary N) is 2. The number of hydrogen-bond donors (Lipinski definition) is 2. The highest BCUT2D eigenvalue weighted by Gasteiger charge is 2.38. The lowest BCUT2D eigenvalue weighted by atomic mass is 9.85. The molecule has 0 spiro atoms. The van der Waals surface area contributed by atoms with Gasteiger partial charge in [-0.05, 0) is 57.0 Å². The average molecular weight is 293 g/mol. The summed E-state index contributed by atoms with van der Waals surface area (Å²) in [6.45, 7) is 6.69. The smallest absolute Gasteiger partial charge is 0.237 e. The SMILES string of the molecule is CC(CNC(=O)C1CC2CCCCC2N1)CN1CCCC1. The summed E-state index contributed by atoms with van der Waals surface area (Å²) in [5, 5.41) is 6.75. The van der Waals surface area contributed by atoms with Gasteiger partial charge in [0, 0.05) is 19.1 Å². The number of rotatable bonds is 5. The van der Waals surface area contributed by atoms with Crippen LogP contribution in [0.25, 0.3) is 0 Å². The molecule has 2 aliphatic heterocycles. The molecule has 0 radical (unpaired) electrons. The first-order valence-electron chi connectivity index (χ1n) is 8.98. The second kappa shape index (κ2) is 7.10. The van der Waals surface area contributed by atoms with Crippen molar-refractivity contribution in [3.63, 3.8) is 0 Å². The van der Waals surface area contributed by atoms with Gasteiger partial charge in [0.1, 0.15) is 0 Å². The van der Waals surface area contributed by atoms with Crippen molar-refractivity contribution in [2.45, 2.75) is 64.0 Å². The molecular weight excluding hydrogens is 262 g/mol. The molecule has 0 aromatic heterocycles. The lowest BCUT2D eigenvalue weighted by molar-refractivity contribution is -0.123. The van der Waals surface area contributed by atoms with Crippen molar-refractivity contribution in [3.05, 3.63) is 0 Å². The van der Waals surface area contributed by atoms with Crippen LogP contribution in [0, 0.1) is 11.8 Å². The molecular formula is C17H31N3O. The van der Waals surface area contributed by atoms with Crippen LogP contribution in [-0.2, 0) is 4.79 Å². The summed E-state index contributed by atoms with van der Waals surface area (Å²) < 4.78 is 0. The van der Waals surface area contributed by atoms with Crippen molar-refractivity contribution in [2.24, 2.45) is 11.8 Å². The van der Waals surface area contributed by atoms with Gasteiger partial charge in [0.2, 0.25) is 5.91 Å². The van der Waals surface area contributed by atoms with E-state index < -0.39 is 0 Å². The van der Waals surface area contributed by atoms with Gasteiger partial charge >= 0.3 is 0 Å². The Labute approximate surface area is 129 Å². The molecule has 4 atom stereocenters. The zero-order chi connectivity index (χ0) is 14.7. The Kier molecular flexibility index (Phi) is 5.17. The number of likely N-dealkylation sites (tertiary alicyclic amines) is 1. The van der Waals surface area contributed by atoms with Crippen LogP contribution in [-0.4, -0.2) is 49.1 Å². The first kappa shape index (κ1) is 15.3. The largest absolute Gasteiger partial charge is 0.354 e. The third kappa shape index (κ3) is 3.98. The molecule has 3 aliphatic rings. The molecule has 3 rings (SSSR count). The van der Waals surface area contributed by atoms with E-state index in [1.54, 1.807) is 0 Å². The van der Waals surface area contributed by atoms with Gasteiger partial charge in [0.15, 0.2) is 0 Å². The van der Waals surface area contributed by atoms with E-state index in [0.717, 1.165) is 25.4 Å². The van der Waals surface area contributed by atoms with Crippen LogP contribution in [0.3, 0.4) is 0 Å². The minimum Gasteiger partial charge on any atom is -0.354 e. The number of fused-ring (bicyclic) bond motifs is 1. The summed E-state index contributed by atoms with van der Waals surface area (Å²) in [5.41, 5.74) is 0. The quantitative estimate of drug-likeness (QED) is 0.812. The summed E-state index contributed by atoms with van der Waals surface area (Å²) in [6, 6.07) is 0.675. The van der Waals surface area contributed by atoms with Crippen LogP contribution in [0.2, 0.25) is 0 Å². The van der Waals surface area contributed by atoms with E-state index in [1.807, 2.05) is 0 Å². The lowest BCUT2D eigenvalue weighted by Gasteiger charge is -2.24. The van der Waals surface area contributed by atoms with Gasteiger partial charge < -0.3 is 15.5 Å². The Morgan fingerprint density at radius 3 is 2.76 bits per heavy atom. The number of carbonyl (C=O) groups excluding carboxylic acids is 1. The van der Waals surface area contributed by atoms with Gasteiger partial charge in [0.25, 0.3) is 0 Å². The second-order valence-corrected chi connectivity index (χ2v) is 7.46. The molecule has 0 aromatic carbocycles. The first-order chi connectivity index (χ1) is 10.2. The fourth-order valence-corrected chi connectivity index (χ4v) is 4.39. The maximum Gasteiger partial charge on any atom is 0.237 e. The maximum absolute atomic E-state index is 12.3. The zero-order valence-corrected chi connectivity index (χ0v) is 13.4. The monoisotopic (exact) mass is 293 g/mol. The first-order valence-corrected chi connectivity index (χ1v) is 8.98. The Hall–Kier alpha value is -0.610. The number of nitrogens with zero attached hydrogens (tertiary/aromatic N) is 1. The Bertz CT molecular complexity index is 340. The average Bonchev–Trinajstić information content (AvgIpc) is 3.13. The molecule has 4 nitrogen and oxygen atoms in total. The Morgan fingerprint density at radius 2 is 2.00 bits per heavy atom. The molecule has 0 bridgehead atoms. The number of hydrogen-bond acceptors (Lipinski definition) is 3. The normalized spacial score (nSPS) is 34.6. The number of carbonyl (C=O) groups is 1. The van der Waals surface area contributed by atoms with Gasteiger partial charge in [-0.1, -0.05) is 19.8 Å². The molecule has 2 saturated heterocycles. The van der Waals surface area contributed by atoms with Gasteiger partial charge in [0.05, 0.1) is 6.04 Å². The van der Waals surface area contributed by atoms with Crippen LogP contribution in [0.1, 0.15) is 51.9 Å². The predicted molar refractivity (Wildman–Crippen MR) is 85.1 cm³/mol. The predicted octanol–water partition coefficient (Wildman–Crippen LogP) is 1.76. The van der Waals surface area contributed by atoms with E-state index in [4.69, 9.17) is 0 Å². The van der Waals surface area contributed by atoms with Crippen LogP contribution in [0.4, 0.5) is 0 Å². The minimum atomic E-state index is 0.0667. The molecule has 4 heteroatoms. The molecule has 0 aromatic rings. The minimum absolute atomic E-state index is 0.0667. The Morgan fingerprint density at radius 1 is 1.24 bits per heavy atom. The fraction of sp³-hybridized carbons (Fsp3) is 0.941. The molecule has 120 valence electrons. The van der Waals surface area contributed by atoms with E-state index in [1.165, 1.54) is 51.6 Å². The standard InChI is InChI=1S/C17H31N3O/c1-13(12-20-8-4-5-9-20)11-18-17(21)16-10-14-6-2-3-7-15(14)19-16/h13-16,19H,2-12H2,1H3,(H,18,21). The number of amides is 1. The summed E-state index contributed by atoms with van der Waals surface area (Å²) in [4.78, 5) is 14.9. The van der Waals surface area contributed by atoms with Gasteiger partial charge in [-0.15, -0.1) is 0 Å².